The highest BCUT2D eigenvalue weighted by Gasteiger charge is 2.30. The number of benzene rings is 1. The Balaban J connectivity index is 1.61. The van der Waals surface area contributed by atoms with Crippen LogP contribution in [0.4, 0.5) is 13.2 Å². The zero-order chi connectivity index (χ0) is 19.9. The highest BCUT2D eigenvalue weighted by Crippen LogP contribution is 2.31. The normalized spacial score (nSPS) is 18.0. The minimum absolute atomic E-state index is 0.0615. The summed E-state index contributed by atoms with van der Waals surface area (Å²) in [5, 5.41) is 11.1. The van der Waals surface area contributed by atoms with Crippen molar-refractivity contribution in [3.8, 4) is 11.3 Å². The van der Waals surface area contributed by atoms with Crippen LogP contribution in [0, 0.1) is 5.92 Å². The van der Waals surface area contributed by atoms with E-state index in [-0.39, 0.29) is 18.4 Å². The molecule has 0 spiro atoms. The Bertz CT molecular complexity index is 994. The summed E-state index contributed by atoms with van der Waals surface area (Å²) in [6, 6.07) is 4.82. The first-order valence-corrected chi connectivity index (χ1v) is 9.79. The van der Waals surface area contributed by atoms with E-state index in [1.54, 1.807) is 20.9 Å². The molecule has 4 rings (SSSR count). The first-order valence-electron chi connectivity index (χ1n) is 8.91. The van der Waals surface area contributed by atoms with Crippen molar-refractivity contribution in [3.63, 3.8) is 0 Å². The van der Waals surface area contributed by atoms with Crippen molar-refractivity contribution in [3.05, 3.63) is 47.1 Å². The number of carbonyl (C=O) groups excluding carboxylic acids is 1. The predicted octanol–water partition coefficient (Wildman–Crippen LogP) is 3.93. The molecule has 3 heterocycles. The molecule has 1 amide bonds. The van der Waals surface area contributed by atoms with Gasteiger partial charge in [-0.05, 0) is 30.9 Å². The molecule has 0 unspecified atom stereocenters. The van der Waals surface area contributed by atoms with Gasteiger partial charge in [0.05, 0.1) is 11.3 Å². The van der Waals surface area contributed by atoms with Gasteiger partial charge in [-0.2, -0.15) is 13.2 Å². The third-order valence-corrected chi connectivity index (χ3v) is 5.84. The van der Waals surface area contributed by atoms with Gasteiger partial charge in [-0.15, -0.1) is 11.3 Å². The molecule has 0 bridgehead atoms. The third-order valence-electron chi connectivity index (χ3n) is 5.00. The molecule has 148 valence electrons. The number of rotatable bonds is 3. The fourth-order valence-electron chi connectivity index (χ4n) is 3.47. The highest BCUT2D eigenvalue weighted by atomic mass is 32.1. The Morgan fingerprint density at radius 3 is 2.71 bits per heavy atom. The monoisotopic (exact) mass is 409 g/mol. The van der Waals surface area contributed by atoms with Gasteiger partial charge in [-0.25, -0.2) is 4.98 Å². The number of aliphatic hydroxyl groups excluding tert-OH is 1. The Labute approximate surface area is 163 Å². The fraction of sp³-hybridized carbons (Fsp3) is 0.368. The molecule has 1 atom stereocenters. The van der Waals surface area contributed by atoms with E-state index >= 15 is 0 Å². The predicted molar refractivity (Wildman–Crippen MR) is 99.2 cm³/mol. The minimum Gasteiger partial charge on any atom is -0.396 e. The molecule has 1 aliphatic heterocycles. The van der Waals surface area contributed by atoms with Crippen LogP contribution in [0.15, 0.2) is 35.8 Å². The topological polar surface area (TPSA) is 57.8 Å². The fourth-order valence-corrected chi connectivity index (χ4v) is 4.31. The molecular weight excluding hydrogens is 391 g/mol. The van der Waals surface area contributed by atoms with Crippen LogP contribution in [0.1, 0.15) is 28.9 Å². The Morgan fingerprint density at radius 2 is 2.04 bits per heavy atom. The number of nitrogens with zero attached hydrogens (tertiary/aromatic N) is 3. The summed E-state index contributed by atoms with van der Waals surface area (Å²) in [7, 11) is 0. The lowest BCUT2D eigenvalue weighted by atomic mass is 9.99. The van der Waals surface area contributed by atoms with E-state index in [0.29, 0.717) is 35.0 Å². The maximum atomic E-state index is 12.9. The first kappa shape index (κ1) is 18.9. The summed E-state index contributed by atoms with van der Waals surface area (Å²) in [4.78, 5) is 19.7. The molecule has 0 aliphatic carbocycles. The number of carbonyl (C=O) groups is 1. The van der Waals surface area contributed by atoms with Crippen molar-refractivity contribution in [1.29, 1.82) is 0 Å². The van der Waals surface area contributed by atoms with E-state index in [4.69, 9.17) is 0 Å². The molecule has 1 N–H and O–H groups in total. The van der Waals surface area contributed by atoms with Crippen molar-refractivity contribution in [1.82, 2.24) is 14.3 Å². The van der Waals surface area contributed by atoms with Gasteiger partial charge in [-0.1, -0.05) is 12.1 Å². The van der Waals surface area contributed by atoms with E-state index in [0.717, 1.165) is 25.0 Å². The van der Waals surface area contributed by atoms with Gasteiger partial charge < -0.3 is 10.0 Å². The third kappa shape index (κ3) is 3.51. The second-order valence-corrected chi connectivity index (χ2v) is 7.75. The number of halogens is 3. The van der Waals surface area contributed by atoms with Gasteiger partial charge in [-0.3, -0.25) is 9.20 Å². The van der Waals surface area contributed by atoms with Crippen molar-refractivity contribution in [2.24, 2.45) is 5.92 Å². The van der Waals surface area contributed by atoms with E-state index in [2.05, 4.69) is 4.98 Å². The highest BCUT2D eigenvalue weighted by molar-refractivity contribution is 7.15. The largest absolute Gasteiger partial charge is 0.416 e. The van der Waals surface area contributed by atoms with Crippen LogP contribution in [0.25, 0.3) is 16.2 Å². The molecule has 1 saturated heterocycles. The summed E-state index contributed by atoms with van der Waals surface area (Å²) in [6.07, 6.45) is -0.948. The van der Waals surface area contributed by atoms with Crippen molar-refractivity contribution < 1.29 is 23.1 Å². The van der Waals surface area contributed by atoms with Crippen LogP contribution in [-0.4, -0.2) is 45.0 Å². The number of alkyl halides is 3. The first-order chi connectivity index (χ1) is 13.4. The molecule has 9 heteroatoms. The number of aliphatic hydroxyl groups is 1. The van der Waals surface area contributed by atoms with Crippen LogP contribution in [0.2, 0.25) is 0 Å². The van der Waals surface area contributed by atoms with E-state index in [1.807, 2.05) is 0 Å². The van der Waals surface area contributed by atoms with Crippen LogP contribution >= 0.6 is 11.3 Å². The van der Waals surface area contributed by atoms with Gasteiger partial charge >= 0.3 is 6.18 Å². The Hall–Kier alpha value is -2.39. The summed E-state index contributed by atoms with van der Waals surface area (Å²) in [6.45, 7) is 1.23. The quantitative estimate of drug-likeness (QED) is 0.713. The van der Waals surface area contributed by atoms with Crippen molar-refractivity contribution >= 4 is 22.2 Å². The van der Waals surface area contributed by atoms with Crippen LogP contribution in [0.3, 0.4) is 0 Å². The Morgan fingerprint density at radius 1 is 1.29 bits per heavy atom. The van der Waals surface area contributed by atoms with Crippen LogP contribution < -0.4 is 0 Å². The average molecular weight is 409 g/mol. The molecular formula is C19H18F3N3O2S. The Kier molecular flexibility index (Phi) is 4.88. The SMILES string of the molecule is O=C(c1csc2nc(-c3ccc(C(F)(F)F)cc3)cn12)N1CCC[C@@H](CO)C1. The molecule has 1 aliphatic rings. The number of aromatic nitrogens is 2. The number of imidazole rings is 1. The smallest absolute Gasteiger partial charge is 0.396 e. The number of hydrogen-bond acceptors (Lipinski definition) is 4. The average Bonchev–Trinajstić information content (AvgIpc) is 3.28. The lowest BCUT2D eigenvalue weighted by Gasteiger charge is -2.31. The molecule has 0 radical (unpaired) electrons. The molecule has 1 aromatic carbocycles. The number of amides is 1. The molecule has 3 aromatic rings. The number of fused-ring (bicyclic) bond motifs is 1. The zero-order valence-corrected chi connectivity index (χ0v) is 15.6. The van der Waals surface area contributed by atoms with E-state index in [1.165, 1.54) is 23.5 Å². The maximum absolute atomic E-state index is 12.9. The van der Waals surface area contributed by atoms with Crippen molar-refractivity contribution in [2.45, 2.75) is 19.0 Å². The maximum Gasteiger partial charge on any atom is 0.416 e. The van der Waals surface area contributed by atoms with Gasteiger partial charge in [0.15, 0.2) is 4.96 Å². The summed E-state index contributed by atoms with van der Waals surface area (Å²) in [5.41, 5.74) is 0.836. The van der Waals surface area contributed by atoms with Crippen LogP contribution in [-0.2, 0) is 6.18 Å². The molecule has 0 saturated carbocycles. The standard InChI is InChI=1S/C19H18F3N3O2S/c20-19(21,22)14-5-3-13(4-6-14)15-9-25-16(11-28-18(25)23-15)17(27)24-7-1-2-12(8-24)10-26/h3-6,9,11-12,26H,1-2,7-8,10H2/t12-/m1/s1. The number of likely N-dealkylation sites (tertiary alicyclic amines) is 1. The van der Waals surface area contributed by atoms with Gasteiger partial charge in [0.1, 0.15) is 5.69 Å². The zero-order valence-electron chi connectivity index (χ0n) is 14.8. The van der Waals surface area contributed by atoms with Crippen molar-refractivity contribution in [2.75, 3.05) is 19.7 Å². The summed E-state index contributed by atoms with van der Waals surface area (Å²) < 4.78 is 39.9. The lowest BCUT2D eigenvalue weighted by Crippen LogP contribution is -2.41. The second-order valence-electron chi connectivity index (χ2n) is 6.92. The van der Waals surface area contributed by atoms with Gasteiger partial charge in [0.25, 0.3) is 5.91 Å². The molecule has 28 heavy (non-hydrogen) atoms. The lowest BCUT2D eigenvalue weighted by molar-refractivity contribution is -0.137. The number of piperidine rings is 1. The minimum atomic E-state index is -4.38. The van der Waals surface area contributed by atoms with Gasteiger partial charge in [0.2, 0.25) is 0 Å². The molecule has 1 fully saturated rings. The van der Waals surface area contributed by atoms with Gasteiger partial charge in [0, 0.05) is 36.8 Å². The number of thiazole rings is 1. The second kappa shape index (κ2) is 7.21. The van der Waals surface area contributed by atoms with E-state index in [9.17, 15) is 23.1 Å². The van der Waals surface area contributed by atoms with Crippen LogP contribution in [0.5, 0.6) is 0 Å². The summed E-state index contributed by atoms with van der Waals surface area (Å²) in [5.74, 6) is -0.0295. The van der Waals surface area contributed by atoms with E-state index < -0.39 is 11.7 Å². The summed E-state index contributed by atoms with van der Waals surface area (Å²) >= 11 is 1.31. The molecule has 2 aromatic heterocycles. The number of hydrogen-bond donors (Lipinski definition) is 1. The molecule has 5 nitrogen and oxygen atoms in total.